The van der Waals surface area contributed by atoms with E-state index in [0.29, 0.717) is 0 Å². The maximum atomic E-state index is 9.67. The molecule has 1 nitrogen and oxygen atoms in total. The first-order valence-electron chi connectivity index (χ1n) is 6.96. The fraction of sp³-hybridized carbons (Fsp3) is 0.158. The molecule has 0 saturated heterocycles. The van der Waals surface area contributed by atoms with Crippen LogP contribution in [-0.2, 0) is 12.0 Å². The average molecular weight is 262 g/mol. The lowest BCUT2D eigenvalue weighted by atomic mass is 9.69. The summed E-state index contributed by atoms with van der Waals surface area (Å²) < 4.78 is 0. The fourth-order valence-electron chi connectivity index (χ4n) is 3.02. The van der Waals surface area contributed by atoms with Crippen molar-refractivity contribution in [3.8, 4) is 0 Å². The van der Waals surface area contributed by atoms with Crippen molar-refractivity contribution >= 4 is 0 Å². The Morgan fingerprint density at radius 3 is 2.35 bits per heavy atom. The van der Waals surface area contributed by atoms with Crippen molar-refractivity contribution in [2.24, 2.45) is 0 Å². The fourth-order valence-corrected chi connectivity index (χ4v) is 3.02. The maximum absolute atomic E-state index is 9.67. The number of aliphatic hydroxyl groups excluding tert-OH is 1. The molecule has 0 heterocycles. The van der Waals surface area contributed by atoms with Crippen molar-refractivity contribution < 1.29 is 5.11 Å². The van der Waals surface area contributed by atoms with E-state index in [-0.39, 0.29) is 12.0 Å². The molecule has 1 N–H and O–H groups in total. The predicted octanol–water partition coefficient (Wildman–Crippen LogP) is 3.98. The van der Waals surface area contributed by atoms with Gasteiger partial charge in [-0.15, -0.1) is 0 Å². The highest BCUT2D eigenvalue weighted by atomic mass is 16.3. The van der Waals surface area contributed by atoms with E-state index in [2.05, 4.69) is 54.6 Å². The summed E-state index contributed by atoms with van der Waals surface area (Å²) in [5.74, 6) is 0. The molecule has 0 aromatic heterocycles. The minimum atomic E-state index is -0.171. The Morgan fingerprint density at radius 2 is 1.65 bits per heavy atom. The highest BCUT2D eigenvalue weighted by Crippen LogP contribution is 2.40. The monoisotopic (exact) mass is 262 g/mol. The zero-order valence-electron chi connectivity index (χ0n) is 11.4. The number of aliphatic hydroxyl groups is 1. The van der Waals surface area contributed by atoms with Gasteiger partial charge in [-0.05, 0) is 23.1 Å². The lowest BCUT2D eigenvalue weighted by Crippen LogP contribution is -2.27. The zero-order valence-corrected chi connectivity index (χ0v) is 11.4. The molecule has 0 amide bonds. The van der Waals surface area contributed by atoms with Gasteiger partial charge in [0.15, 0.2) is 0 Å². The Balaban J connectivity index is 2.22. The molecule has 0 aliphatic heterocycles. The number of hydrogen-bond acceptors (Lipinski definition) is 1. The van der Waals surface area contributed by atoms with E-state index in [4.69, 9.17) is 0 Å². The van der Waals surface area contributed by atoms with Crippen LogP contribution >= 0.6 is 0 Å². The molecule has 0 radical (unpaired) electrons. The molecule has 1 unspecified atom stereocenters. The summed E-state index contributed by atoms with van der Waals surface area (Å²) in [5.41, 5.74) is 3.28. The van der Waals surface area contributed by atoms with Crippen LogP contribution in [0.2, 0.25) is 0 Å². The predicted molar refractivity (Wildman–Crippen MR) is 82.5 cm³/mol. The largest absolute Gasteiger partial charge is 0.392 e. The second kappa shape index (κ2) is 5.48. The highest BCUT2D eigenvalue weighted by Gasteiger charge is 2.32. The van der Waals surface area contributed by atoms with Gasteiger partial charge in [0.25, 0.3) is 0 Å². The highest BCUT2D eigenvalue weighted by molar-refractivity contribution is 5.50. The third kappa shape index (κ3) is 2.10. The average Bonchev–Trinajstić information content (AvgIpc) is 2.56. The standard InChI is InChI=1S/C19H18O/c20-15-16-9-5-6-12-18(16)19(13-7-2-8-14-19)17-10-3-1-4-11-17/h1-13,20H,14-15H2. The van der Waals surface area contributed by atoms with Crippen LogP contribution < -0.4 is 0 Å². The van der Waals surface area contributed by atoms with Gasteiger partial charge in [0.2, 0.25) is 0 Å². The zero-order chi connectivity index (χ0) is 13.8. The van der Waals surface area contributed by atoms with Crippen LogP contribution in [0.25, 0.3) is 0 Å². The maximum Gasteiger partial charge on any atom is 0.0684 e. The molecule has 1 atom stereocenters. The number of hydrogen-bond donors (Lipinski definition) is 1. The van der Waals surface area contributed by atoms with Crippen LogP contribution in [0.1, 0.15) is 23.1 Å². The number of rotatable bonds is 3. The van der Waals surface area contributed by atoms with E-state index in [0.717, 1.165) is 12.0 Å². The van der Waals surface area contributed by atoms with Crippen molar-refractivity contribution in [2.45, 2.75) is 18.4 Å². The number of allylic oxidation sites excluding steroid dienone is 4. The minimum absolute atomic E-state index is 0.0717. The third-order valence-electron chi connectivity index (χ3n) is 4.03. The van der Waals surface area contributed by atoms with Gasteiger partial charge in [-0.2, -0.15) is 0 Å². The van der Waals surface area contributed by atoms with Crippen LogP contribution in [0, 0.1) is 0 Å². The molecule has 2 aromatic rings. The Morgan fingerprint density at radius 1 is 0.900 bits per heavy atom. The quantitative estimate of drug-likeness (QED) is 0.887. The van der Waals surface area contributed by atoms with E-state index in [1.165, 1.54) is 11.1 Å². The van der Waals surface area contributed by atoms with E-state index in [1.54, 1.807) is 0 Å². The van der Waals surface area contributed by atoms with Crippen molar-refractivity contribution in [1.82, 2.24) is 0 Å². The van der Waals surface area contributed by atoms with Crippen LogP contribution in [0.3, 0.4) is 0 Å². The van der Waals surface area contributed by atoms with Crippen LogP contribution in [0.15, 0.2) is 78.9 Å². The Kier molecular flexibility index (Phi) is 3.53. The van der Waals surface area contributed by atoms with E-state index < -0.39 is 0 Å². The summed E-state index contributed by atoms with van der Waals surface area (Å²) in [6.07, 6.45) is 9.55. The minimum Gasteiger partial charge on any atom is -0.392 e. The smallest absolute Gasteiger partial charge is 0.0684 e. The van der Waals surface area contributed by atoms with Gasteiger partial charge in [0, 0.05) is 5.41 Å². The summed E-state index contributed by atoms with van der Waals surface area (Å²) >= 11 is 0. The third-order valence-corrected chi connectivity index (χ3v) is 4.03. The summed E-state index contributed by atoms with van der Waals surface area (Å²) in [5, 5.41) is 9.67. The second-order valence-electron chi connectivity index (χ2n) is 5.14. The Labute approximate surface area is 119 Å². The molecular formula is C19H18O. The molecule has 0 fully saturated rings. The summed E-state index contributed by atoms with van der Waals surface area (Å²) in [4.78, 5) is 0. The summed E-state index contributed by atoms with van der Waals surface area (Å²) in [6.45, 7) is 0.0717. The first-order valence-corrected chi connectivity index (χ1v) is 6.96. The lowest BCUT2D eigenvalue weighted by Gasteiger charge is -2.34. The van der Waals surface area contributed by atoms with Gasteiger partial charge in [-0.1, -0.05) is 78.9 Å². The molecular weight excluding hydrogens is 244 g/mol. The van der Waals surface area contributed by atoms with E-state index in [9.17, 15) is 5.11 Å². The molecule has 1 aliphatic carbocycles. The number of benzene rings is 2. The van der Waals surface area contributed by atoms with Gasteiger partial charge in [0.1, 0.15) is 0 Å². The van der Waals surface area contributed by atoms with Crippen molar-refractivity contribution in [3.63, 3.8) is 0 Å². The topological polar surface area (TPSA) is 20.2 Å². The van der Waals surface area contributed by atoms with Crippen molar-refractivity contribution in [3.05, 3.63) is 95.6 Å². The lowest BCUT2D eigenvalue weighted by molar-refractivity contribution is 0.279. The summed E-state index contributed by atoms with van der Waals surface area (Å²) in [6, 6.07) is 18.7. The Hall–Kier alpha value is -2.12. The second-order valence-corrected chi connectivity index (χ2v) is 5.14. The van der Waals surface area contributed by atoms with Crippen LogP contribution in [0.4, 0.5) is 0 Å². The molecule has 20 heavy (non-hydrogen) atoms. The SMILES string of the molecule is OCc1ccccc1C1(c2ccccc2)C=CC=CC1. The van der Waals surface area contributed by atoms with Crippen LogP contribution in [-0.4, -0.2) is 5.11 Å². The van der Waals surface area contributed by atoms with Gasteiger partial charge < -0.3 is 5.11 Å². The molecule has 0 bridgehead atoms. The Bertz CT molecular complexity index is 640. The molecule has 1 aliphatic rings. The first-order chi connectivity index (χ1) is 9.87. The molecule has 0 spiro atoms. The first kappa shape index (κ1) is 12.9. The van der Waals surface area contributed by atoms with Crippen LogP contribution in [0.5, 0.6) is 0 Å². The molecule has 100 valence electrons. The van der Waals surface area contributed by atoms with E-state index in [1.807, 2.05) is 24.3 Å². The van der Waals surface area contributed by atoms with Gasteiger partial charge in [-0.3, -0.25) is 0 Å². The van der Waals surface area contributed by atoms with Gasteiger partial charge >= 0.3 is 0 Å². The van der Waals surface area contributed by atoms with E-state index >= 15 is 0 Å². The summed E-state index contributed by atoms with van der Waals surface area (Å²) in [7, 11) is 0. The van der Waals surface area contributed by atoms with Gasteiger partial charge in [0.05, 0.1) is 6.61 Å². The van der Waals surface area contributed by atoms with Crippen molar-refractivity contribution in [2.75, 3.05) is 0 Å². The normalized spacial score (nSPS) is 21.1. The molecule has 0 saturated carbocycles. The molecule has 1 heteroatoms. The van der Waals surface area contributed by atoms with Crippen molar-refractivity contribution in [1.29, 1.82) is 0 Å². The van der Waals surface area contributed by atoms with Gasteiger partial charge in [-0.25, -0.2) is 0 Å². The molecule has 3 rings (SSSR count). The molecule has 2 aromatic carbocycles.